The van der Waals surface area contributed by atoms with Gasteiger partial charge in [0.1, 0.15) is 10.8 Å². The summed E-state index contributed by atoms with van der Waals surface area (Å²) in [6, 6.07) is 3.57. The molecule has 0 unspecified atom stereocenters. The van der Waals surface area contributed by atoms with E-state index < -0.39 is 5.97 Å². The smallest absolute Gasteiger partial charge is 0.341 e. The fourth-order valence-corrected chi connectivity index (χ4v) is 3.28. The molecular weight excluding hydrogens is 328 g/mol. The molecule has 0 fully saturated rings. The second-order valence-corrected chi connectivity index (χ2v) is 6.60. The molecule has 0 spiro atoms. The largest absolute Gasteiger partial charge is 0.468 e. The summed E-state index contributed by atoms with van der Waals surface area (Å²) < 4.78 is 10.4. The minimum Gasteiger partial charge on any atom is -0.468 e. The van der Waals surface area contributed by atoms with E-state index in [0.29, 0.717) is 17.2 Å². The normalized spacial score (nSPS) is 12.0. The number of hydrogen-bond acceptors (Lipinski definition) is 6. The Kier molecular flexibility index (Phi) is 6.16. The van der Waals surface area contributed by atoms with Crippen LogP contribution in [0.5, 0.6) is 0 Å². The number of nitrogens with one attached hydrogen (secondary N) is 2. The van der Waals surface area contributed by atoms with Gasteiger partial charge in [0, 0.05) is 4.88 Å². The number of amides is 1. The molecule has 2 aromatic heterocycles. The van der Waals surface area contributed by atoms with Gasteiger partial charge in [-0.05, 0) is 45.4 Å². The van der Waals surface area contributed by atoms with E-state index in [-0.39, 0.29) is 18.5 Å². The molecule has 24 heavy (non-hydrogen) atoms. The van der Waals surface area contributed by atoms with Crippen LogP contribution in [-0.4, -0.2) is 25.0 Å². The lowest BCUT2D eigenvalue weighted by Crippen LogP contribution is -2.30. The third-order valence-corrected chi connectivity index (χ3v) is 4.78. The van der Waals surface area contributed by atoms with Gasteiger partial charge in [0.05, 0.1) is 31.0 Å². The van der Waals surface area contributed by atoms with Crippen LogP contribution < -0.4 is 10.6 Å². The summed E-state index contributed by atoms with van der Waals surface area (Å²) in [5.74, 6) is 0.129. The van der Waals surface area contributed by atoms with Crippen LogP contribution in [0.15, 0.2) is 22.8 Å². The van der Waals surface area contributed by atoms with E-state index in [1.54, 1.807) is 19.3 Å². The fraction of sp³-hybridized carbons (Fsp3) is 0.412. The summed E-state index contributed by atoms with van der Waals surface area (Å²) in [5, 5.41) is 6.41. The third kappa shape index (κ3) is 4.24. The number of furan rings is 1. The standard InChI is InChI=1S/C17H22N2O4S/c1-5-22-17(21)15-10(2)12(4)24-16(15)19-14(20)9-18-11(3)13-7-6-8-23-13/h6-8,11,18H,5,9H2,1-4H3,(H,19,20)/t11-/m1/s1. The SMILES string of the molecule is CCOC(=O)c1c(NC(=O)CN[C@H](C)c2ccco2)sc(C)c1C. The lowest BCUT2D eigenvalue weighted by atomic mass is 10.1. The summed E-state index contributed by atoms with van der Waals surface area (Å²) >= 11 is 1.38. The fourth-order valence-electron chi connectivity index (χ4n) is 2.22. The molecule has 1 atom stereocenters. The Labute approximate surface area is 145 Å². The second-order valence-electron chi connectivity index (χ2n) is 5.37. The van der Waals surface area contributed by atoms with E-state index in [0.717, 1.165) is 16.2 Å². The number of esters is 1. The van der Waals surface area contributed by atoms with Crippen LogP contribution in [0, 0.1) is 13.8 Å². The van der Waals surface area contributed by atoms with Crippen molar-refractivity contribution in [3.05, 3.63) is 40.2 Å². The summed E-state index contributed by atoms with van der Waals surface area (Å²) in [7, 11) is 0. The first-order chi connectivity index (χ1) is 11.4. The van der Waals surface area contributed by atoms with Crippen LogP contribution in [0.25, 0.3) is 0 Å². The predicted octanol–water partition coefficient (Wildman–Crippen LogP) is 3.42. The number of hydrogen-bond donors (Lipinski definition) is 2. The van der Waals surface area contributed by atoms with Gasteiger partial charge >= 0.3 is 5.97 Å². The molecule has 0 aliphatic heterocycles. The summed E-state index contributed by atoms with van der Waals surface area (Å²) in [5.41, 5.74) is 1.28. The van der Waals surface area contributed by atoms with E-state index in [1.807, 2.05) is 26.8 Å². The molecule has 6 nitrogen and oxygen atoms in total. The Morgan fingerprint density at radius 1 is 1.38 bits per heavy atom. The molecule has 2 rings (SSSR count). The Hall–Kier alpha value is -2.12. The van der Waals surface area contributed by atoms with Crippen LogP contribution in [0.4, 0.5) is 5.00 Å². The Bertz CT molecular complexity index is 706. The van der Waals surface area contributed by atoms with Gasteiger partial charge in [0.15, 0.2) is 0 Å². The van der Waals surface area contributed by atoms with Crippen LogP contribution >= 0.6 is 11.3 Å². The van der Waals surface area contributed by atoms with Gasteiger partial charge in [-0.2, -0.15) is 0 Å². The van der Waals surface area contributed by atoms with E-state index in [9.17, 15) is 9.59 Å². The molecule has 0 bridgehead atoms. The van der Waals surface area contributed by atoms with Crippen molar-refractivity contribution in [1.82, 2.24) is 5.32 Å². The van der Waals surface area contributed by atoms with Gasteiger partial charge in [-0.3, -0.25) is 10.1 Å². The first-order valence-electron chi connectivity index (χ1n) is 7.77. The highest BCUT2D eigenvalue weighted by Crippen LogP contribution is 2.33. The molecule has 0 aliphatic rings. The van der Waals surface area contributed by atoms with E-state index >= 15 is 0 Å². The van der Waals surface area contributed by atoms with Crippen LogP contribution in [0.2, 0.25) is 0 Å². The van der Waals surface area contributed by atoms with E-state index in [4.69, 9.17) is 9.15 Å². The number of aryl methyl sites for hydroxylation is 1. The maximum atomic E-state index is 12.2. The number of carbonyl (C=O) groups is 2. The van der Waals surface area contributed by atoms with Gasteiger partial charge in [0.25, 0.3) is 0 Å². The second kappa shape index (κ2) is 8.12. The molecule has 0 aromatic carbocycles. The van der Waals surface area contributed by atoms with Crippen LogP contribution in [0.3, 0.4) is 0 Å². The zero-order valence-corrected chi connectivity index (χ0v) is 15.1. The molecule has 0 saturated carbocycles. The maximum Gasteiger partial charge on any atom is 0.341 e. The molecule has 1 amide bonds. The Morgan fingerprint density at radius 3 is 2.75 bits per heavy atom. The maximum absolute atomic E-state index is 12.2. The first kappa shape index (κ1) is 18.2. The lowest BCUT2D eigenvalue weighted by molar-refractivity contribution is -0.115. The monoisotopic (exact) mass is 350 g/mol. The molecule has 2 aromatic rings. The summed E-state index contributed by atoms with van der Waals surface area (Å²) in [6.45, 7) is 7.84. The van der Waals surface area contributed by atoms with Gasteiger partial charge in [-0.25, -0.2) is 4.79 Å². The summed E-state index contributed by atoms with van der Waals surface area (Å²) in [6.07, 6.45) is 1.59. The number of ether oxygens (including phenoxy) is 1. The Morgan fingerprint density at radius 2 is 2.12 bits per heavy atom. The predicted molar refractivity (Wildman–Crippen MR) is 93.5 cm³/mol. The summed E-state index contributed by atoms with van der Waals surface area (Å²) in [4.78, 5) is 25.3. The van der Waals surface area contributed by atoms with E-state index in [2.05, 4.69) is 10.6 Å². The molecule has 0 radical (unpaired) electrons. The van der Waals surface area contributed by atoms with Gasteiger partial charge < -0.3 is 14.5 Å². The van der Waals surface area contributed by atoms with Gasteiger partial charge in [0.2, 0.25) is 5.91 Å². The minimum absolute atomic E-state index is 0.0814. The average molecular weight is 350 g/mol. The van der Waals surface area contributed by atoms with Crippen LogP contribution in [-0.2, 0) is 9.53 Å². The topological polar surface area (TPSA) is 80.6 Å². The zero-order valence-electron chi connectivity index (χ0n) is 14.3. The molecule has 0 saturated heterocycles. The molecule has 0 aliphatic carbocycles. The van der Waals surface area contributed by atoms with Crippen molar-refractivity contribution in [3.8, 4) is 0 Å². The average Bonchev–Trinajstić information content (AvgIpc) is 3.15. The first-order valence-corrected chi connectivity index (χ1v) is 8.59. The highest BCUT2D eigenvalue weighted by Gasteiger charge is 2.22. The van der Waals surface area contributed by atoms with E-state index in [1.165, 1.54) is 11.3 Å². The molecule has 7 heteroatoms. The lowest BCUT2D eigenvalue weighted by Gasteiger charge is -2.11. The van der Waals surface area contributed by atoms with Crippen molar-refractivity contribution in [1.29, 1.82) is 0 Å². The van der Waals surface area contributed by atoms with Gasteiger partial charge in [-0.15, -0.1) is 11.3 Å². The van der Waals surface area contributed by atoms with Crippen molar-refractivity contribution in [2.75, 3.05) is 18.5 Å². The van der Waals surface area contributed by atoms with Crippen molar-refractivity contribution >= 4 is 28.2 Å². The zero-order chi connectivity index (χ0) is 17.7. The quantitative estimate of drug-likeness (QED) is 0.748. The number of anilines is 1. The number of carbonyl (C=O) groups excluding carboxylic acids is 2. The highest BCUT2D eigenvalue weighted by molar-refractivity contribution is 7.16. The van der Waals surface area contributed by atoms with Gasteiger partial charge in [-0.1, -0.05) is 0 Å². The number of rotatable bonds is 7. The Balaban J connectivity index is 2.01. The van der Waals surface area contributed by atoms with Crippen LogP contribution in [0.1, 0.15) is 46.4 Å². The third-order valence-electron chi connectivity index (χ3n) is 3.66. The van der Waals surface area contributed by atoms with Crippen molar-refractivity contribution in [2.24, 2.45) is 0 Å². The number of thiophene rings is 1. The van der Waals surface area contributed by atoms with Crippen molar-refractivity contribution < 1.29 is 18.7 Å². The molecule has 130 valence electrons. The highest BCUT2D eigenvalue weighted by atomic mass is 32.1. The van der Waals surface area contributed by atoms with Crippen molar-refractivity contribution in [2.45, 2.75) is 33.7 Å². The van der Waals surface area contributed by atoms with Crippen molar-refractivity contribution in [3.63, 3.8) is 0 Å². The molecule has 2 heterocycles. The molecular formula is C17H22N2O4S. The minimum atomic E-state index is -0.411. The molecule has 2 N–H and O–H groups in total.